The standard InChI is InChI=1S/C12H15ClN4/c1-2-17-7-6-9(16-17)8-15-12-10(13)4-3-5-11(12)14/h3-7,15H,2,8,14H2,1H3. The van der Waals surface area contributed by atoms with Crippen LogP contribution in [0.3, 0.4) is 0 Å². The lowest BCUT2D eigenvalue weighted by Crippen LogP contribution is -2.04. The van der Waals surface area contributed by atoms with Gasteiger partial charge in [-0.3, -0.25) is 4.68 Å². The second-order valence-corrected chi connectivity index (χ2v) is 4.13. The third-order valence-corrected chi connectivity index (χ3v) is 2.83. The first-order valence-corrected chi connectivity index (χ1v) is 5.88. The van der Waals surface area contributed by atoms with Crippen LogP contribution in [0.25, 0.3) is 0 Å². The summed E-state index contributed by atoms with van der Waals surface area (Å²) in [7, 11) is 0. The van der Waals surface area contributed by atoms with E-state index in [4.69, 9.17) is 17.3 Å². The molecule has 0 radical (unpaired) electrons. The highest BCUT2D eigenvalue weighted by Crippen LogP contribution is 2.27. The van der Waals surface area contributed by atoms with Gasteiger partial charge >= 0.3 is 0 Å². The van der Waals surface area contributed by atoms with Gasteiger partial charge in [0.2, 0.25) is 0 Å². The maximum Gasteiger partial charge on any atom is 0.0815 e. The van der Waals surface area contributed by atoms with E-state index >= 15 is 0 Å². The molecule has 0 saturated heterocycles. The Morgan fingerprint density at radius 1 is 1.41 bits per heavy atom. The zero-order chi connectivity index (χ0) is 12.3. The van der Waals surface area contributed by atoms with Gasteiger partial charge in [-0.05, 0) is 25.1 Å². The fraction of sp³-hybridized carbons (Fsp3) is 0.250. The van der Waals surface area contributed by atoms with Crippen LogP contribution in [-0.4, -0.2) is 9.78 Å². The Balaban J connectivity index is 2.07. The number of rotatable bonds is 4. The molecular formula is C12H15ClN4. The predicted octanol–water partition coefficient (Wildman–Crippen LogP) is 2.75. The van der Waals surface area contributed by atoms with Gasteiger partial charge in [0.05, 0.1) is 28.6 Å². The van der Waals surface area contributed by atoms with Crippen molar-refractivity contribution in [1.82, 2.24) is 9.78 Å². The van der Waals surface area contributed by atoms with Gasteiger partial charge in [-0.25, -0.2) is 0 Å². The molecule has 0 saturated carbocycles. The Kier molecular flexibility index (Phi) is 3.54. The first-order chi connectivity index (χ1) is 8.20. The Bertz CT molecular complexity index is 487. The summed E-state index contributed by atoms with van der Waals surface area (Å²) >= 11 is 6.06. The number of anilines is 2. The molecule has 1 heterocycles. The van der Waals surface area contributed by atoms with Crippen LogP contribution in [0.15, 0.2) is 30.5 Å². The molecule has 17 heavy (non-hydrogen) atoms. The van der Waals surface area contributed by atoms with E-state index in [-0.39, 0.29) is 0 Å². The Hall–Kier alpha value is -1.68. The number of halogens is 1. The number of aromatic nitrogens is 2. The summed E-state index contributed by atoms with van der Waals surface area (Å²) in [4.78, 5) is 0. The van der Waals surface area contributed by atoms with Gasteiger partial charge in [0, 0.05) is 12.7 Å². The first kappa shape index (κ1) is 11.8. The summed E-state index contributed by atoms with van der Waals surface area (Å²) in [6.45, 7) is 3.53. The van der Waals surface area contributed by atoms with E-state index in [1.807, 2.05) is 35.1 Å². The van der Waals surface area contributed by atoms with E-state index in [1.165, 1.54) is 0 Å². The zero-order valence-corrected chi connectivity index (χ0v) is 10.4. The molecule has 3 N–H and O–H groups in total. The number of nitrogen functional groups attached to an aromatic ring is 1. The van der Waals surface area contributed by atoms with Gasteiger partial charge in [0.15, 0.2) is 0 Å². The van der Waals surface area contributed by atoms with Crippen LogP contribution >= 0.6 is 11.6 Å². The second-order valence-electron chi connectivity index (χ2n) is 3.72. The quantitative estimate of drug-likeness (QED) is 0.821. The van der Waals surface area contributed by atoms with E-state index in [1.54, 1.807) is 0 Å². The summed E-state index contributed by atoms with van der Waals surface area (Å²) in [5, 5.41) is 8.20. The van der Waals surface area contributed by atoms with Crippen molar-refractivity contribution in [2.45, 2.75) is 20.0 Å². The average Bonchev–Trinajstić information content (AvgIpc) is 2.76. The summed E-state index contributed by atoms with van der Waals surface area (Å²) in [6, 6.07) is 7.43. The van der Waals surface area contributed by atoms with Gasteiger partial charge in [0.1, 0.15) is 0 Å². The molecule has 0 atom stereocenters. The molecule has 0 fully saturated rings. The molecule has 0 spiro atoms. The molecule has 0 aliphatic rings. The Morgan fingerprint density at radius 3 is 2.88 bits per heavy atom. The highest BCUT2D eigenvalue weighted by Gasteiger charge is 2.04. The third-order valence-electron chi connectivity index (χ3n) is 2.51. The van der Waals surface area contributed by atoms with Crippen LogP contribution in [0.4, 0.5) is 11.4 Å². The predicted molar refractivity (Wildman–Crippen MR) is 71.1 cm³/mol. The monoisotopic (exact) mass is 250 g/mol. The summed E-state index contributed by atoms with van der Waals surface area (Å²) in [6.07, 6.45) is 1.95. The van der Waals surface area contributed by atoms with E-state index < -0.39 is 0 Å². The van der Waals surface area contributed by atoms with Crippen LogP contribution in [0, 0.1) is 0 Å². The summed E-state index contributed by atoms with van der Waals surface area (Å²) in [5.41, 5.74) is 8.22. The van der Waals surface area contributed by atoms with E-state index in [0.717, 1.165) is 17.9 Å². The maximum atomic E-state index is 6.06. The molecule has 5 heteroatoms. The van der Waals surface area contributed by atoms with Gasteiger partial charge < -0.3 is 11.1 Å². The smallest absolute Gasteiger partial charge is 0.0815 e. The van der Waals surface area contributed by atoms with Crippen LogP contribution in [0.5, 0.6) is 0 Å². The lowest BCUT2D eigenvalue weighted by atomic mass is 10.2. The van der Waals surface area contributed by atoms with E-state index in [9.17, 15) is 0 Å². The third kappa shape index (κ3) is 2.71. The van der Waals surface area contributed by atoms with E-state index in [2.05, 4.69) is 17.3 Å². The molecular weight excluding hydrogens is 236 g/mol. The number of hydrogen-bond acceptors (Lipinski definition) is 3. The molecule has 2 rings (SSSR count). The normalized spacial score (nSPS) is 10.5. The highest BCUT2D eigenvalue weighted by molar-refractivity contribution is 6.33. The summed E-state index contributed by atoms with van der Waals surface area (Å²) in [5.74, 6) is 0. The van der Waals surface area contributed by atoms with Crippen molar-refractivity contribution in [3.63, 3.8) is 0 Å². The first-order valence-electron chi connectivity index (χ1n) is 5.51. The van der Waals surface area contributed by atoms with Crippen molar-refractivity contribution >= 4 is 23.0 Å². The average molecular weight is 251 g/mol. The molecule has 0 unspecified atom stereocenters. The number of nitrogens with zero attached hydrogens (tertiary/aromatic N) is 2. The number of nitrogens with one attached hydrogen (secondary N) is 1. The Morgan fingerprint density at radius 2 is 2.24 bits per heavy atom. The lowest BCUT2D eigenvalue weighted by molar-refractivity contribution is 0.649. The minimum Gasteiger partial charge on any atom is -0.397 e. The number of para-hydroxylation sites is 1. The number of hydrogen-bond donors (Lipinski definition) is 2. The zero-order valence-electron chi connectivity index (χ0n) is 9.65. The molecule has 0 aliphatic carbocycles. The molecule has 4 nitrogen and oxygen atoms in total. The van der Waals surface area contributed by atoms with Crippen molar-refractivity contribution in [3.05, 3.63) is 41.2 Å². The largest absolute Gasteiger partial charge is 0.397 e. The van der Waals surface area contributed by atoms with Crippen LogP contribution in [0.2, 0.25) is 5.02 Å². The van der Waals surface area contributed by atoms with Crippen molar-refractivity contribution in [2.24, 2.45) is 0 Å². The summed E-state index contributed by atoms with van der Waals surface area (Å²) < 4.78 is 1.88. The SMILES string of the molecule is CCn1ccc(CNc2c(N)cccc2Cl)n1. The van der Waals surface area contributed by atoms with Gasteiger partial charge in [-0.1, -0.05) is 17.7 Å². The van der Waals surface area contributed by atoms with Crippen molar-refractivity contribution in [2.75, 3.05) is 11.1 Å². The van der Waals surface area contributed by atoms with Crippen molar-refractivity contribution < 1.29 is 0 Å². The van der Waals surface area contributed by atoms with Gasteiger partial charge in [0.25, 0.3) is 0 Å². The highest BCUT2D eigenvalue weighted by atomic mass is 35.5. The van der Waals surface area contributed by atoms with Crippen LogP contribution in [-0.2, 0) is 13.1 Å². The number of nitrogens with two attached hydrogens (primary N) is 1. The lowest BCUT2D eigenvalue weighted by Gasteiger charge is -2.09. The molecule has 90 valence electrons. The second kappa shape index (κ2) is 5.10. The molecule has 0 aliphatic heterocycles. The minimum atomic E-state index is 0.612. The van der Waals surface area contributed by atoms with Gasteiger partial charge in [-0.15, -0.1) is 0 Å². The Labute approximate surface area is 105 Å². The van der Waals surface area contributed by atoms with Crippen LogP contribution in [0.1, 0.15) is 12.6 Å². The fourth-order valence-electron chi connectivity index (χ4n) is 1.58. The minimum absolute atomic E-state index is 0.612. The maximum absolute atomic E-state index is 6.06. The van der Waals surface area contributed by atoms with E-state index in [0.29, 0.717) is 17.3 Å². The number of aryl methyl sites for hydroxylation is 1. The fourth-order valence-corrected chi connectivity index (χ4v) is 1.83. The molecule has 0 bridgehead atoms. The topological polar surface area (TPSA) is 55.9 Å². The number of benzene rings is 1. The molecule has 1 aromatic heterocycles. The van der Waals surface area contributed by atoms with Crippen molar-refractivity contribution in [3.8, 4) is 0 Å². The molecule has 2 aromatic rings. The van der Waals surface area contributed by atoms with Crippen molar-refractivity contribution in [1.29, 1.82) is 0 Å². The van der Waals surface area contributed by atoms with Crippen LogP contribution < -0.4 is 11.1 Å². The van der Waals surface area contributed by atoms with Gasteiger partial charge in [-0.2, -0.15) is 5.10 Å². The molecule has 0 amide bonds. The molecule has 1 aromatic carbocycles.